The highest BCUT2D eigenvalue weighted by molar-refractivity contribution is 5.88. The minimum absolute atomic E-state index is 0.217. The number of fused-ring (bicyclic) bond motifs is 1. The maximum absolute atomic E-state index is 12.1. The van der Waals surface area contributed by atoms with Gasteiger partial charge in [0.25, 0.3) is 0 Å². The molecular formula is C16H23N3O. The van der Waals surface area contributed by atoms with Crippen LogP contribution in [0.5, 0.6) is 0 Å². The van der Waals surface area contributed by atoms with Crippen molar-refractivity contribution in [2.24, 2.45) is 5.73 Å². The van der Waals surface area contributed by atoms with Gasteiger partial charge in [0.15, 0.2) is 0 Å². The molecule has 1 aromatic carbocycles. The summed E-state index contributed by atoms with van der Waals surface area (Å²) in [6, 6.07) is 8.66. The molecule has 108 valence electrons. The van der Waals surface area contributed by atoms with Gasteiger partial charge in [-0.15, -0.1) is 0 Å². The minimum Gasteiger partial charge on any atom is -0.371 e. The summed E-state index contributed by atoms with van der Waals surface area (Å²) in [7, 11) is 0. The van der Waals surface area contributed by atoms with E-state index in [0.717, 1.165) is 25.1 Å². The van der Waals surface area contributed by atoms with Gasteiger partial charge in [-0.2, -0.15) is 0 Å². The number of carbonyl (C=O) groups excluding carboxylic acids is 1. The number of nitrogens with two attached hydrogens (primary N) is 1. The summed E-state index contributed by atoms with van der Waals surface area (Å²) in [5, 5.41) is 3.45. The zero-order valence-corrected chi connectivity index (χ0v) is 12.1. The molecule has 0 saturated carbocycles. The van der Waals surface area contributed by atoms with Crippen molar-refractivity contribution in [1.82, 2.24) is 4.90 Å². The monoisotopic (exact) mass is 273 g/mol. The van der Waals surface area contributed by atoms with E-state index in [9.17, 15) is 4.79 Å². The Morgan fingerprint density at radius 2 is 2.30 bits per heavy atom. The van der Waals surface area contributed by atoms with Gasteiger partial charge in [-0.25, -0.2) is 0 Å². The van der Waals surface area contributed by atoms with Crippen LogP contribution in [0.2, 0.25) is 0 Å². The van der Waals surface area contributed by atoms with E-state index in [0.29, 0.717) is 6.04 Å². The number of carbonyl (C=O) groups is 1. The van der Waals surface area contributed by atoms with Crippen LogP contribution in [0.4, 0.5) is 5.69 Å². The number of nitrogens with zero attached hydrogens (tertiary/aromatic N) is 1. The molecule has 3 rings (SSSR count). The average Bonchev–Trinajstić information content (AvgIpc) is 2.85. The molecule has 1 aromatic rings. The van der Waals surface area contributed by atoms with Gasteiger partial charge in [-0.3, -0.25) is 4.79 Å². The quantitative estimate of drug-likeness (QED) is 0.884. The second-order valence-electron chi connectivity index (χ2n) is 6.23. The lowest BCUT2D eigenvalue weighted by atomic mass is 9.82. The molecule has 4 heteroatoms. The predicted octanol–water partition coefficient (Wildman–Crippen LogP) is 1.89. The first-order valence-electron chi connectivity index (χ1n) is 7.48. The summed E-state index contributed by atoms with van der Waals surface area (Å²) in [4.78, 5) is 14.6. The Kier molecular flexibility index (Phi) is 3.42. The van der Waals surface area contributed by atoms with E-state index >= 15 is 0 Å². The lowest BCUT2D eigenvalue weighted by molar-refractivity contribution is -0.124. The van der Waals surface area contributed by atoms with Crippen LogP contribution >= 0.6 is 0 Å². The van der Waals surface area contributed by atoms with Gasteiger partial charge in [0.2, 0.25) is 5.91 Å². The molecule has 0 aliphatic carbocycles. The standard InChI is InChI=1S/C16H23N3O/c1-12-4-2-5-13(10-12)18-16(15(17)20)7-9-19-8-3-6-14(19)11-16/h2,4-5,10,14,18H,3,6-9,11H2,1H3,(H2,17,20). The molecule has 4 nitrogen and oxygen atoms in total. The van der Waals surface area contributed by atoms with Gasteiger partial charge < -0.3 is 16.0 Å². The van der Waals surface area contributed by atoms with Crippen LogP contribution in [0.25, 0.3) is 0 Å². The minimum atomic E-state index is -0.584. The van der Waals surface area contributed by atoms with Gasteiger partial charge >= 0.3 is 0 Å². The SMILES string of the molecule is Cc1cccc(NC2(C(N)=O)CCN3CCCC3C2)c1. The number of nitrogens with one attached hydrogen (secondary N) is 1. The Balaban J connectivity index is 1.83. The van der Waals surface area contributed by atoms with Crippen LogP contribution in [0, 0.1) is 6.92 Å². The largest absolute Gasteiger partial charge is 0.371 e. The maximum atomic E-state index is 12.1. The fourth-order valence-electron chi connectivity index (χ4n) is 3.66. The van der Waals surface area contributed by atoms with Crippen LogP contribution in [-0.2, 0) is 4.79 Å². The van der Waals surface area contributed by atoms with Gasteiger partial charge in [0.05, 0.1) is 0 Å². The summed E-state index contributed by atoms with van der Waals surface area (Å²) < 4.78 is 0. The van der Waals surface area contributed by atoms with Gasteiger partial charge in [0.1, 0.15) is 5.54 Å². The Morgan fingerprint density at radius 3 is 3.05 bits per heavy atom. The van der Waals surface area contributed by atoms with Crippen molar-refractivity contribution in [3.8, 4) is 0 Å². The summed E-state index contributed by atoms with van der Waals surface area (Å²) in [5.41, 5.74) is 7.35. The Labute approximate surface area is 120 Å². The number of rotatable bonds is 3. The number of amides is 1. The number of hydrogen-bond acceptors (Lipinski definition) is 3. The van der Waals surface area contributed by atoms with E-state index < -0.39 is 5.54 Å². The van der Waals surface area contributed by atoms with E-state index in [4.69, 9.17) is 5.73 Å². The fraction of sp³-hybridized carbons (Fsp3) is 0.562. The molecule has 2 saturated heterocycles. The topological polar surface area (TPSA) is 58.4 Å². The molecule has 2 unspecified atom stereocenters. The number of hydrogen-bond donors (Lipinski definition) is 2. The number of anilines is 1. The number of primary amides is 1. The Bertz CT molecular complexity index is 516. The summed E-state index contributed by atoms with van der Waals surface area (Å²) >= 11 is 0. The van der Waals surface area contributed by atoms with Gasteiger partial charge in [-0.1, -0.05) is 12.1 Å². The lowest BCUT2D eigenvalue weighted by Crippen LogP contribution is -2.59. The van der Waals surface area contributed by atoms with Crippen molar-refractivity contribution in [2.75, 3.05) is 18.4 Å². The smallest absolute Gasteiger partial charge is 0.243 e. The van der Waals surface area contributed by atoms with Gasteiger partial charge in [0, 0.05) is 18.3 Å². The van der Waals surface area contributed by atoms with Crippen LogP contribution < -0.4 is 11.1 Å². The number of piperidine rings is 1. The number of benzene rings is 1. The molecule has 2 heterocycles. The van der Waals surface area contributed by atoms with E-state index in [1.54, 1.807) is 0 Å². The average molecular weight is 273 g/mol. The zero-order chi connectivity index (χ0) is 14.2. The lowest BCUT2D eigenvalue weighted by Gasteiger charge is -2.43. The molecule has 0 bridgehead atoms. The molecule has 0 aromatic heterocycles. The summed E-state index contributed by atoms with van der Waals surface area (Å²) in [6.07, 6.45) is 4.05. The Morgan fingerprint density at radius 1 is 1.45 bits per heavy atom. The predicted molar refractivity (Wildman–Crippen MR) is 80.6 cm³/mol. The second kappa shape index (κ2) is 5.09. The second-order valence-corrected chi connectivity index (χ2v) is 6.23. The first kappa shape index (κ1) is 13.4. The van der Waals surface area contributed by atoms with E-state index in [1.807, 2.05) is 12.1 Å². The van der Waals surface area contributed by atoms with Crippen molar-refractivity contribution < 1.29 is 4.79 Å². The molecular weight excluding hydrogens is 250 g/mol. The highest BCUT2D eigenvalue weighted by Gasteiger charge is 2.45. The molecule has 3 N–H and O–H groups in total. The molecule has 2 aliphatic rings. The molecule has 2 fully saturated rings. The van der Waals surface area contributed by atoms with Crippen LogP contribution in [-0.4, -0.2) is 35.5 Å². The maximum Gasteiger partial charge on any atom is 0.243 e. The highest BCUT2D eigenvalue weighted by Crippen LogP contribution is 2.35. The van der Waals surface area contributed by atoms with E-state index in [2.05, 4.69) is 29.3 Å². The van der Waals surface area contributed by atoms with Crippen molar-refractivity contribution in [3.63, 3.8) is 0 Å². The summed E-state index contributed by atoms with van der Waals surface area (Å²) in [6.45, 7) is 4.19. The van der Waals surface area contributed by atoms with E-state index in [1.165, 1.54) is 24.9 Å². The first-order valence-corrected chi connectivity index (χ1v) is 7.48. The fourth-order valence-corrected chi connectivity index (χ4v) is 3.66. The molecule has 2 aliphatic heterocycles. The van der Waals surface area contributed by atoms with Gasteiger partial charge in [-0.05, 0) is 56.8 Å². The van der Waals surface area contributed by atoms with Crippen molar-refractivity contribution in [1.29, 1.82) is 0 Å². The number of aryl methyl sites for hydroxylation is 1. The van der Waals surface area contributed by atoms with Crippen molar-refractivity contribution in [2.45, 2.75) is 44.2 Å². The molecule has 0 radical (unpaired) electrons. The molecule has 20 heavy (non-hydrogen) atoms. The molecule has 2 atom stereocenters. The third-order valence-electron chi connectivity index (χ3n) is 4.78. The third-order valence-corrected chi connectivity index (χ3v) is 4.78. The van der Waals surface area contributed by atoms with Crippen LogP contribution in [0.3, 0.4) is 0 Å². The summed E-state index contributed by atoms with van der Waals surface area (Å²) in [5.74, 6) is -0.217. The third kappa shape index (κ3) is 2.40. The van der Waals surface area contributed by atoms with Crippen molar-refractivity contribution >= 4 is 11.6 Å². The normalized spacial score (nSPS) is 29.9. The highest BCUT2D eigenvalue weighted by atomic mass is 16.1. The molecule has 0 spiro atoms. The zero-order valence-electron chi connectivity index (χ0n) is 12.1. The van der Waals surface area contributed by atoms with Crippen LogP contribution in [0.1, 0.15) is 31.2 Å². The Hall–Kier alpha value is -1.55. The van der Waals surface area contributed by atoms with Crippen molar-refractivity contribution in [3.05, 3.63) is 29.8 Å². The molecule has 1 amide bonds. The van der Waals surface area contributed by atoms with E-state index in [-0.39, 0.29) is 5.91 Å². The first-order chi connectivity index (χ1) is 9.59. The van der Waals surface area contributed by atoms with Crippen LogP contribution in [0.15, 0.2) is 24.3 Å².